The molecule has 0 saturated carbocycles. The van der Waals surface area contributed by atoms with Crippen LogP contribution in [-0.4, -0.2) is 47.2 Å². The summed E-state index contributed by atoms with van der Waals surface area (Å²) in [5.41, 5.74) is 2.39. The maximum absolute atomic E-state index is 13.2. The van der Waals surface area contributed by atoms with Gasteiger partial charge in [-0.25, -0.2) is 4.39 Å². The van der Waals surface area contributed by atoms with E-state index in [2.05, 4.69) is 22.2 Å². The number of carbonyl (C=O) groups is 1. The van der Waals surface area contributed by atoms with Crippen molar-refractivity contribution in [1.29, 1.82) is 0 Å². The summed E-state index contributed by atoms with van der Waals surface area (Å²) in [6, 6.07) is 15.8. The van der Waals surface area contributed by atoms with Crippen molar-refractivity contribution in [1.82, 2.24) is 10.1 Å². The number of halogens is 1. The Morgan fingerprint density at radius 1 is 1.07 bits per heavy atom. The van der Waals surface area contributed by atoms with Crippen molar-refractivity contribution in [2.45, 2.75) is 13.0 Å². The van der Waals surface area contributed by atoms with Crippen LogP contribution < -0.4 is 4.90 Å². The van der Waals surface area contributed by atoms with Crippen LogP contribution in [0.15, 0.2) is 59.1 Å². The first-order chi connectivity index (χ1) is 14.0. The molecule has 1 N–H and O–H groups in total. The summed E-state index contributed by atoms with van der Waals surface area (Å²) < 4.78 is 18.6. The average molecular weight is 395 g/mol. The highest BCUT2D eigenvalue weighted by Gasteiger charge is 2.31. The van der Waals surface area contributed by atoms with Gasteiger partial charge in [-0.05, 0) is 43.3 Å². The van der Waals surface area contributed by atoms with Crippen molar-refractivity contribution in [3.8, 4) is 11.3 Å². The van der Waals surface area contributed by atoms with Gasteiger partial charge in [-0.15, -0.1) is 0 Å². The molecule has 1 saturated heterocycles. The van der Waals surface area contributed by atoms with Crippen LogP contribution in [-0.2, 0) is 0 Å². The van der Waals surface area contributed by atoms with Crippen LogP contribution in [0.3, 0.4) is 0 Å². The molecule has 1 fully saturated rings. The van der Waals surface area contributed by atoms with Gasteiger partial charge in [-0.3, -0.25) is 4.79 Å². The number of para-hydroxylation sites is 1. The summed E-state index contributed by atoms with van der Waals surface area (Å²) in [5.74, 6) is -0.634. The van der Waals surface area contributed by atoms with Crippen molar-refractivity contribution in [2.24, 2.45) is 0 Å². The van der Waals surface area contributed by atoms with E-state index in [1.807, 2.05) is 18.2 Å². The lowest BCUT2D eigenvalue weighted by Crippen LogP contribution is -2.48. The third-order valence-corrected chi connectivity index (χ3v) is 5.15. The number of aliphatic hydroxyl groups is 1. The molecule has 3 aromatic rings. The summed E-state index contributed by atoms with van der Waals surface area (Å²) in [5, 5.41) is 14.3. The monoisotopic (exact) mass is 395 g/mol. The second kappa shape index (κ2) is 8.05. The molecule has 1 aliphatic heterocycles. The van der Waals surface area contributed by atoms with Gasteiger partial charge in [-0.2, -0.15) is 0 Å². The van der Waals surface area contributed by atoms with Crippen molar-refractivity contribution < 1.29 is 18.8 Å². The smallest absolute Gasteiger partial charge is 0.293 e. The van der Waals surface area contributed by atoms with Crippen LogP contribution in [0.2, 0.25) is 0 Å². The maximum Gasteiger partial charge on any atom is 0.293 e. The molecule has 2 aromatic carbocycles. The number of piperazine rings is 1. The van der Waals surface area contributed by atoms with E-state index in [1.54, 1.807) is 24.0 Å². The molecule has 1 aromatic heterocycles. The van der Waals surface area contributed by atoms with Gasteiger partial charge in [-0.1, -0.05) is 23.4 Å². The van der Waals surface area contributed by atoms with Gasteiger partial charge in [0.25, 0.3) is 5.91 Å². The molecule has 1 amide bonds. The summed E-state index contributed by atoms with van der Waals surface area (Å²) >= 11 is 0. The van der Waals surface area contributed by atoms with Crippen LogP contribution in [0.4, 0.5) is 10.1 Å². The van der Waals surface area contributed by atoms with E-state index in [0.29, 0.717) is 43.0 Å². The third kappa shape index (κ3) is 3.86. The molecule has 29 heavy (non-hydrogen) atoms. The Morgan fingerprint density at radius 2 is 1.72 bits per heavy atom. The first-order valence-electron chi connectivity index (χ1n) is 9.57. The molecule has 7 heteroatoms. The topological polar surface area (TPSA) is 69.8 Å². The highest BCUT2D eigenvalue weighted by atomic mass is 19.1. The van der Waals surface area contributed by atoms with Gasteiger partial charge in [0.15, 0.2) is 0 Å². The van der Waals surface area contributed by atoms with Crippen molar-refractivity contribution in [3.05, 3.63) is 71.7 Å². The van der Waals surface area contributed by atoms with E-state index in [0.717, 1.165) is 5.69 Å². The highest BCUT2D eigenvalue weighted by molar-refractivity contribution is 5.95. The zero-order chi connectivity index (χ0) is 20.4. The van der Waals surface area contributed by atoms with Gasteiger partial charge >= 0.3 is 0 Å². The number of benzene rings is 2. The number of amides is 1. The summed E-state index contributed by atoms with van der Waals surface area (Å²) in [4.78, 5) is 17.0. The Bertz CT molecular complexity index is 978. The van der Waals surface area contributed by atoms with Crippen LogP contribution in [0.5, 0.6) is 0 Å². The SMILES string of the molecule is C[C@H](O)c1c(-c2ccc(F)cc2)noc1C(=O)N1CCN(c2ccccc2)CC1. The predicted octanol–water partition coefficient (Wildman–Crippen LogP) is 3.50. The Kier molecular flexibility index (Phi) is 5.31. The van der Waals surface area contributed by atoms with Gasteiger partial charge in [0.1, 0.15) is 11.5 Å². The van der Waals surface area contributed by atoms with Gasteiger partial charge in [0, 0.05) is 37.4 Å². The standard InChI is InChI=1S/C22H22FN3O3/c1-15(27)19-20(16-7-9-17(23)10-8-16)24-29-21(19)22(28)26-13-11-25(12-14-26)18-5-3-2-4-6-18/h2-10,15,27H,11-14H2,1H3/t15-/m0/s1. The predicted molar refractivity (Wildman–Crippen MR) is 107 cm³/mol. The van der Waals surface area contributed by atoms with Crippen LogP contribution >= 0.6 is 0 Å². The molecule has 0 unspecified atom stereocenters. The minimum absolute atomic E-state index is 0.0347. The molecule has 2 heterocycles. The number of aromatic nitrogens is 1. The van der Waals surface area contributed by atoms with Gasteiger partial charge < -0.3 is 19.4 Å². The Balaban J connectivity index is 1.54. The van der Waals surface area contributed by atoms with Crippen LogP contribution in [0.1, 0.15) is 29.1 Å². The number of rotatable bonds is 4. The summed E-state index contributed by atoms with van der Waals surface area (Å²) in [6.07, 6.45) is -0.953. The van der Waals surface area contributed by atoms with Crippen LogP contribution in [0, 0.1) is 5.82 Å². The van der Waals surface area contributed by atoms with E-state index in [1.165, 1.54) is 12.1 Å². The molecule has 0 aliphatic carbocycles. The van der Waals surface area contributed by atoms with E-state index in [9.17, 15) is 14.3 Å². The maximum atomic E-state index is 13.2. The second-order valence-electron chi connectivity index (χ2n) is 7.07. The largest absolute Gasteiger partial charge is 0.388 e. The zero-order valence-corrected chi connectivity index (χ0v) is 16.1. The zero-order valence-electron chi connectivity index (χ0n) is 16.1. The number of nitrogens with zero attached hydrogens (tertiary/aromatic N) is 3. The molecule has 6 nitrogen and oxygen atoms in total. The van der Waals surface area contributed by atoms with Crippen molar-refractivity contribution in [2.75, 3.05) is 31.1 Å². The number of anilines is 1. The Hall–Kier alpha value is -3.19. The fraction of sp³-hybridized carbons (Fsp3) is 0.273. The molecule has 1 atom stereocenters. The first-order valence-corrected chi connectivity index (χ1v) is 9.57. The second-order valence-corrected chi connectivity index (χ2v) is 7.07. The Morgan fingerprint density at radius 3 is 2.34 bits per heavy atom. The molecular formula is C22H22FN3O3. The third-order valence-electron chi connectivity index (χ3n) is 5.15. The van der Waals surface area contributed by atoms with Crippen molar-refractivity contribution >= 4 is 11.6 Å². The quantitative estimate of drug-likeness (QED) is 0.732. The molecule has 0 spiro atoms. The fourth-order valence-electron chi connectivity index (χ4n) is 3.61. The lowest BCUT2D eigenvalue weighted by Gasteiger charge is -2.35. The summed E-state index contributed by atoms with van der Waals surface area (Å²) in [6.45, 7) is 4.06. The molecule has 4 rings (SSSR count). The first kappa shape index (κ1) is 19.1. The van der Waals surface area contributed by atoms with E-state index >= 15 is 0 Å². The number of carbonyl (C=O) groups excluding carboxylic acids is 1. The lowest BCUT2D eigenvalue weighted by atomic mass is 10.0. The van der Waals surface area contributed by atoms with Crippen LogP contribution in [0.25, 0.3) is 11.3 Å². The van der Waals surface area contributed by atoms with E-state index in [-0.39, 0.29) is 17.5 Å². The molecule has 0 bridgehead atoms. The van der Waals surface area contributed by atoms with Crippen molar-refractivity contribution in [3.63, 3.8) is 0 Å². The number of hydrogen-bond acceptors (Lipinski definition) is 5. The average Bonchev–Trinajstić information content (AvgIpc) is 3.20. The van der Waals surface area contributed by atoms with E-state index < -0.39 is 6.10 Å². The Labute approximate surface area is 168 Å². The molecular weight excluding hydrogens is 373 g/mol. The molecule has 1 aliphatic rings. The summed E-state index contributed by atoms with van der Waals surface area (Å²) in [7, 11) is 0. The molecule has 150 valence electrons. The van der Waals surface area contributed by atoms with Gasteiger partial charge in [0.05, 0.1) is 11.7 Å². The number of hydrogen-bond donors (Lipinski definition) is 1. The normalized spacial score (nSPS) is 15.4. The minimum Gasteiger partial charge on any atom is -0.388 e. The minimum atomic E-state index is -0.953. The number of aliphatic hydroxyl groups excluding tert-OH is 1. The highest BCUT2D eigenvalue weighted by Crippen LogP contribution is 2.31. The van der Waals surface area contributed by atoms with E-state index in [4.69, 9.17) is 4.52 Å². The lowest BCUT2D eigenvalue weighted by molar-refractivity contribution is 0.0696. The van der Waals surface area contributed by atoms with Gasteiger partial charge in [0.2, 0.25) is 5.76 Å². The molecule has 0 radical (unpaired) electrons. The fourth-order valence-corrected chi connectivity index (χ4v) is 3.61.